The van der Waals surface area contributed by atoms with E-state index in [9.17, 15) is 8.42 Å². The Labute approximate surface area is 226 Å². The summed E-state index contributed by atoms with van der Waals surface area (Å²) in [6.07, 6.45) is 0.743. The van der Waals surface area contributed by atoms with Gasteiger partial charge in [0.1, 0.15) is 0 Å². The zero-order valence-corrected chi connectivity index (χ0v) is 22.9. The number of nitrogens with two attached hydrogens (primary N) is 1. The number of thiazole rings is 1. The first-order valence-corrected chi connectivity index (χ1v) is 14.3. The molecule has 1 heterocycles. The minimum atomic E-state index is -3.86. The SMILES string of the molecule is COc1cc(CN(Cc2ccccc2N)S(=O)(=O)c2ccc(Cl)cc2)ccc1OCCc1scnc1C. The van der Waals surface area contributed by atoms with Gasteiger partial charge in [0.15, 0.2) is 11.5 Å². The normalized spacial score (nSPS) is 11.6. The van der Waals surface area contributed by atoms with E-state index >= 15 is 0 Å². The van der Waals surface area contributed by atoms with Crippen LogP contribution in [0.2, 0.25) is 5.02 Å². The summed E-state index contributed by atoms with van der Waals surface area (Å²) < 4.78 is 40.2. The van der Waals surface area contributed by atoms with Crippen LogP contribution in [0.3, 0.4) is 0 Å². The highest BCUT2D eigenvalue weighted by atomic mass is 35.5. The number of para-hydroxylation sites is 1. The van der Waals surface area contributed by atoms with Crippen LogP contribution in [-0.2, 0) is 29.5 Å². The topological polar surface area (TPSA) is 94.8 Å². The van der Waals surface area contributed by atoms with Crippen LogP contribution in [0.4, 0.5) is 5.69 Å². The third kappa shape index (κ3) is 6.61. The fraction of sp³-hybridized carbons (Fsp3) is 0.222. The molecule has 3 aromatic carbocycles. The van der Waals surface area contributed by atoms with E-state index in [-0.39, 0.29) is 18.0 Å². The van der Waals surface area contributed by atoms with Gasteiger partial charge in [0.05, 0.1) is 29.8 Å². The minimum Gasteiger partial charge on any atom is -0.493 e. The van der Waals surface area contributed by atoms with Crippen molar-refractivity contribution in [3.8, 4) is 11.5 Å². The maximum atomic E-state index is 13.6. The average molecular weight is 558 g/mol. The zero-order chi connectivity index (χ0) is 26.4. The van der Waals surface area contributed by atoms with Crippen LogP contribution in [0.5, 0.6) is 11.5 Å². The molecule has 0 saturated carbocycles. The van der Waals surface area contributed by atoms with Gasteiger partial charge in [-0.05, 0) is 60.5 Å². The van der Waals surface area contributed by atoms with Crippen LogP contribution in [0, 0.1) is 6.92 Å². The van der Waals surface area contributed by atoms with Gasteiger partial charge in [0.25, 0.3) is 0 Å². The number of methoxy groups -OCH3 is 1. The third-order valence-corrected chi connectivity index (χ3v) is 8.92. The maximum absolute atomic E-state index is 13.6. The molecular weight excluding hydrogens is 530 g/mol. The van der Waals surface area contributed by atoms with Gasteiger partial charge in [-0.1, -0.05) is 35.9 Å². The van der Waals surface area contributed by atoms with Crippen molar-refractivity contribution < 1.29 is 17.9 Å². The van der Waals surface area contributed by atoms with E-state index < -0.39 is 10.0 Å². The Bertz CT molecular complexity index is 1460. The van der Waals surface area contributed by atoms with E-state index in [0.29, 0.717) is 34.4 Å². The van der Waals surface area contributed by atoms with Crippen LogP contribution in [0.1, 0.15) is 21.7 Å². The summed E-state index contributed by atoms with van der Waals surface area (Å²) in [6, 6.07) is 18.8. The molecule has 7 nitrogen and oxygen atoms in total. The number of aryl methyl sites for hydroxylation is 1. The fourth-order valence-electron chi connectivity index (χ4n) is 3.80. The molecule has 37 heavy (non-hydrogen) atoms. The Kier molecular flexibility index (Phi) is 8.71. The summed E-state index contributed by atoms with van der Waals surface area (Å²) in [5.41, 5.74) is 11.0. The second kappa shape index (κ2) is 12.0. The van der Waals surface area contributed by atoms with Gasteiger partial charge < -0.3 is 15.2 Å². The lowest BCUT2D eigenvalue weighted by atomic mass is 10.1. The van der Waals surface area contributed by atoms with Crippen molar-refractivity contribution in [2.45, 2.75) is 31.3 Å². The highest BCUT2D eigenvalue weighted by molar-refractivity contribution is 7.89. The molecule has 0 atom stereocenters. The first-order chi connectivity index (χ1) is 17.8. The maximum Gasteiger partial charge on any atom is 0.243 e. The summed E-state index contributed by atoms with van der Waals surface area (Å²) in [5.74, 6) is 1.12. The van der Waals surface area contributed by atoms with Gasteiger partial charge in [-0.25, -0.2) is 13.4 Å². The molecule has 0 spiro atoms. The number of hydrogen-bond donors (Lipinski definition) is 1. The van der Waals surface area contributed by atoms with Gasteiger partial charge in [-0.3, -0.25) is 0 Å². The van der Waals surface area contributed by atoms with E-state index in [1.807, 2.05) is 36.7 Å². The Morgan fingerprint density at radius 1 is 1.03 bits per heavy atom. The Hall–Kier alpha value is -3.11. The van der Waals surface area contributed by atoms with E-state index in [0.717, 1.165) is 17.7 Å². The minimum absolute atomic E-state index is 0.104. The molecule has 0 bridgehead atoms. The number of nitrogen functional groups attached to an aromatic ring is 1. The molecule has 4 aromatic rings. The molecule has 0 radical (unpaired) electrons. The standard InChI is InChI=1S/C27H28ClN3O4S2/c1-19-27(36-18-30-19)13-14-35-25-12-7-20(15-26(25)34-2)16-31(17-21-5-3-4-6-24(21)29)37(32,33)23-10-8-22(28)9-11-23/h3-12,15,18H,13-14,16-17,29H2,1-2H3. The molecule has 0 aliphatic rings. The molecule has 2 N–H and O–H groups in total. The molecular formula is C27H28ClN3O4S2. The number of aromatic nitrogens is 1. The van der Waals surface area contributed by atoms with Gasteiger partial charge in [0.2, 0.25) is 10.0 Å². The van der Waals surface area contributed by atoms with E-state index in [1.165, 1.54) is 21.3 Å². The number of sulfonamides is 1. The molecule has 0 fully saturated rings. The van der Waals surface area contributed by atoms with E-state index in [4.69, 9.17) is 26.8 Å². The van der Waals surface area contributed by atoms with Gasteiger partial charge in [-0.15, -0.1) is 11.3 Å². The smallest absolute Gasteiger partial charge is 0.243 e. The number of hydrogen-bond acceptors (Lipinski definition) is 7. The molecule has 194 valence electrons. The second-order valence-corrected chi connectivity index (χ2v) is 11.7. The predicted octanol–water partition coefficient (Wildman–Crippen LogP) is 5.71. The monoisotopic (exact) mass is 557 g/mol. The van der Waals surface area contributed by atoms with E-state index in [2.05, 4.69) is 4.98 Å². The number of anilines is 1. The summed E-state index contributed by atoms with van der Waals surface area (Å²) in [4.78, 5) is 5.60. The largest absolute Gasteiger partial charge is 0.493 e. The molecule has 4 rings (SSSR count). The average Bonchev–Trinajstić information content (AvgIpc) is 3.30. The second-order valence-electron chi connectivity index (χ2n) is 8.37. The van der Waals surface area contributed by atoms with Crippen molar-refractivity contribution in [2.75, 3.05) is 19.5 Å². The predicted molar refractivity (Wildman–Crippen MR) is 148 cm³/mol. The van der Waals surface area contributed by atoms with Crippen LogP contribution in [0.25, 0.3) is 0 Å². The lowest BCUT2D eigenvalue weighted by molar-refractivity contribution is 0.297. The number of benzene rings is 3. The molecule has 0 aliphatic carbocycles. The van der Waals surface area contributed by atoms with Gasteiger partial charge in [0, 0.05) is 35.1 Å². The summed E-state index contributed by atoms with van der Waals surface area (Å²) in [5, 5.41) is 0.462. The van der Waals surface area contributed by atoms with Gasteiger partial charge >= 0.3 is 0 Å². The molecule has 0 unspecified atom stereocenters. The Morgan fingerprint density at radius 2 is 1.78 bits per heavy atom. The van der Waals surface area contributed by atoms with Crippen molar-refractivity contribution in [1.29, 1.82) is 0 Å². The molecule has 0 amide bonds. The Morgan fingerprint density at radius 3 is 2.46 bits per heavy atom. The summed E-state index contributed by atoms with van der Waals surface area (Å²) in [6.45, 7) is 2.67. The van der Waals surface area contributed by atoms with Crippen molar-refractivity contribution >= 4 is 38.6 Å². The molecule has 1 aromatic heterocycles. The third-order valence-electron chi connectivity index (χ3n) is 5.87. The highest BCUT2D eigenvalue weighted by Crippen LogP contribution is 2.31. The summed E-state index contributed by atoms with van der Waals surface area (Å²) in [7, 11) is -2.30. The number of ether oxygens (including phenoxy) is 2. The first-order valence-electron chi connectivity index (χ1n) is 11.6. The highest BCUT2D eigenvalue weighted by Gasteiger charge is 2.26. The number of halogens is 1. The quantitative estimate of drug-likeness (QED) is 0.237. The van der Waals surface area contributed by atoms with Crippen molar-refractivity contribution in [1.82, 2.24) is 9.29 Å². The van der Waals surface area contributed by atoms with Crippen LogP contribution < -0.4 is 15.2 Å². The Balaban J connectivity index is 1.58. The first kappa shape index (κ1) is 26.9. The van der Waals surface area contributed by atoms with Gasteiger partial charge in [-0.2, -0.15) is 4.31 Å². The molecule has 0 saturated heterocycles. The fourth-order valence-corrected chi connectivity index (χ4v) is 6.10. The zero-order valence-electron chi connectivity index (χ0n) is 20.6. The van der Waals surface area contributed by atoms with Crippen LogP contribution in [0.15, 0.2) is 77.1 Å². The van der Waals surface area contributed by atoms with Crippen molar-refractivity contribution in [3.63, 3.8) is 0 Å². The number of nitrogens with zero attached hydrogens (tertiary/aromatic N) is 2. The lowest BCUT2D eigenvalue weighted by Crippen LogP contribution is -2.30. The van der Waals surface area contributed by atoms with Crippen LogP contribution >= 0.6 is 22.9 Å². The number of rotatable bonds is 11. The molecule has 10 heteroatoms. The van der Waals surface area contributed by atoms with Crippen LogP contribution in [-0.4, -0.2) is 31.4 Å². The molecule has 0 aliphatic heterocycles. The van der Waals surface area contributed by atoms with Crippen molar-refractivity contribution in [3.05, 3.63) is 99.0 Å². The van der Waals surface area contributed by atoms with Crippen molar-refractivity contribution in [2.24, 2.45) is 0 Å². The summed E-state index contributed by atoms with van der Waals surface area (Å²) >= 11 is 7.60. The lowest BCUT2D eigenvalue weighted by Gasteiger charge is -2.24. The van der Waals surface area contributed by atoms with E-state index in [1.54, 1.807) is 48.8 Å².